The molecular weight excluding hydrogens is 154 g/mol. The molecule has 3 nitrogen and oxygen atoms in total. The third-order valence-electron chi connectivity index (χ3n) is 1.91. The Hall–Kier alpha value is -1.77. The van der Waals surface area contributed by atoms with Gasteiger partial charge in [0.1, 0.15) is 11.4 Å². The Morgan fingerprint density at radius 3 is 3.25 bits per heavy atom. The predicted octanol–water partition coefficient (Wildman–Crippen LogP) is 2.19. The average Bonchev–Trinajstić information content (AvgIpc) is 2.52. The van der Waals surface area contributed by atoms with E-state index in [0.717, 1.165) is 22.4 Å². The molecule has 12 heavy (non-hydrogen) atoms. The van der Waals surface area contributed by atoms with Crippen molar-refractivity contribution >= 4 is 17.0 Å². The van der Waals surface area contributed by atoms with E-state index in [0.29, 0.717) is 0 Å². The van der Waals surface area contributed by atoms with Crippen LogP contribution in [0.4, 0.5) is 0 Å². The Kier molecular flexibility index (Phi) is 0.913. The van der Waals surface area contributed by atoms with Crippen LogP contribution in [0, 0.1) is 0 Å². The molecule has 1 aliphatic heterocycles. The summed E-state index contributed by atoms with van der Waals surface area (Å²) in [6, 6.07) is 5.65. The topological polar surface area (TPSA) is 35.3 Å². The lowest BCUT2D eigenvalue weighted by molar-refractivity contribution is 0.454. The molecule has 0 bridgehead atoms. The summed E-state index contributed by atoms with van der Waals surface area (Å²) in [7, 11) is 0. The van der Waals surface area contributed by atoms with Crippen LogP contribution in [-0.4, -0.2) is 5.16 Å². The number of rotatable bonds is 0. The van der Waals surface area contributed by atoms with Gasteiger partial charge in [-0.05, 0) is 12.1 Å². The first-order chi connectivity index (χ1) is 5.95. The molecule has 3 heteroatoms. The summed E-state index contributed by atoms with van der Waals surface area (Å²) in [6.45, 7) is 0. The zero-order valence-electron chi connectivity index (χ0n) is 6.15. The third-order valence-corrected chi connectivity index (χ3v) is 1.91. The molecule has 0 saturated heterocycles. The van der Waals surface area contributed by atoms with E-state index in [1.807, 2.05) is 18.2 Å². The van der Waals surface area contributed by atoms with Crippen LogP contribution in [0.3, 0.4) is 0 Å². The Morgan fingerprint density at radius 1 is 1.25 bits per heavy atom. The van der Waals surface area contributed by atoms with Gasteiger partial charge in [-0.2, -0.15) is 0 Å². The van der Waals surface area contributed by atoms with Crippen LogP contribution < -0.4 is 4.74 Å². The lowest BCUT2D eigenvalue weighted by Crippen LogP contribution is -1.88. The maximum absolute atomic E-state index is 5.27. The fourth-order valence-corrected chi connectivity index (χ4v) is 1.37. The highest BCUT2D eigenvalue weighted by Crippen LogP contribution is 2.32. The van der Waals surface area contributed by atoms with Crippen LogP contribution >= 0.6 is 0 Å². The number of hydrogen-bond donors (Lipinski definition) is 0. The van der Waals surface area contributed by atoms with E-state index in [1.54, 1.807) is 12.3 Å². The standard InChI is InChI=1S/C9H5NO2/c1-2-7-9-6(4-5-11-7)10-12-8(9)3-1/h1-5H. The molecule has 0 unspecified atom stereocenters. The number of benzene rings is 1. The van der Waals surface area contributed by atoms with Crippen LogP contribution in [0.1, 0.15) is 5.69 Å². The fraction of sp³-hybridized carbons (Fsp3) is 0. The molecule has 0 amide bonds. The van der Waals surface area contributed by atoms with Gasteiger partial charge in [-0.25, -0.2) is 0 Å². The summed E-state index contributed by atoms with van der Waals surface area (Å²) in [4.78, 5) is 0. The first kappa shape index (κ1) is 5.83. The quantitative estimate of drug-likeness (QED) is 0.591. The SMILES string of the molecule is C1=Cc2noc3cccc(c23)O1. The second kappa shape index (κ2) is 1.88. The zero-order chi connectivity index (χ0) is 7.97. The van der Waals surface area contributed by atoms with Crippen molar-refractivity contribution in [2.24, 2.45) is 0 Å². The third kappa shape index (κ3) is 0.580. The molecule has 58 valence electrons. The molecule has 0 atom stereocenters. The smallest absolute Gasteiger partial charge is 0.171 e. The van der Waals surface area contributed by atoms with Crippen molar-refractivity contribution in [3.05, 3.63) is 30.2 Å². The minimum atomic E-state index is 0.770. The summed E-state index contributed by atoms with van der Waals surface area (Å²) in [5, 5.41) is 4.84. The summed E-state index contributed by atoms with van der Waals surface area (Å²) in [5.74, 6) is 0.811. The largest absolute Gasteiger partial charge is 0.464 e. The molecule has 0 fully saturated rings. The van der Waals surface area contributed by atoms with Crippen LogP contribution in [0.25, 0.3) is 17.0 Å². The highest BCUT2D eigenvalue weighted by atomic mass is 16.5. The van der Waals surface area contributed by atoms with Gasteiger partial charge in [0.25, 0.3) is 0 Å². The van der Waals surface area contributed by atoms with E-state index in [-0.39, 0.29) is 0 Å². The minimum Gasteiger partial charge on any atom is -0.464 e. The number of ether oxygens (including phenoxy) is 1. The van der Waals surface area contributed by atoms with Crippen LogP contribution in [0.5, 0.6) is 5.75 Å². The van der Waals surface area contributed by atoms with Gasteiger partial charge in [0, 0.05) is 6.08 Å². The van der Waals surface area contributed by atoms with Crippen LogP contribution in [0.15, 0.2) is 29.0 Å². The van der Waals surface area contributed by atoms with Gasteiger partial charge in [0.2, 0.25) is 0 Å². The maximum Gasteiger partial charge on any atom is 0.171 e. The summed E-state index contributed by atoms with van der Waals surface area (Å²) in [6.07, 6.45) is 3.40. The van der Waals surface area contributed by atoms with Gasteiger partial charge in [0.15, 0.2) is 5.58 Å². The number of aromatic nitrogens is 1. The lowest BCUT2D eigenvalue weighted by atomic mass is 10.2. The highest BCUT2D eigenvalue weighted by molar-refractivity contribution is 5.91. The van der Waals surface area contributed by atoms with Gasteiger partial charge in [-0.1, -0.05) is 11.2 Å². The Morgan fingerprint density at radius 2 is 2.25 bits per heavy atom. The average molecular weight is 159 g/mol. The monoisotopic (exact) mass is 159 g/mol. The molecule has 2 heterocycles. The summed E-state index contributed by atoms with van der Waals surface area (Å²) in [5.41, 5.74) is 1.61. The maximum atomic E-state index is 5.27. The lowest BCUT2D eigenvalue weighted by Gasteiger charge is -2.04. The van der Waals surface area contributed by atoms with E-state index in [1.165, 1.54) is 0 Å². The molecule has 1 aliphatic rings. The molecule has 1 aromatic heterocycles. The van der Waals surface area contributed by atoms with Gasteiger partial charge in [-0.3, -0.25) is 0 Å². The fourth-order valence-electron chi connectivity index (χ4n) is 1.37. The predicted molar refractivity (Wildman–Crippen MR) is 43.7 cm³/mol. The Labute approximate surface area is 68.2 Å². The Balaban J connectivity index is 2.57. The Bertz CT molecular complexity index is 470. The van der Waals surface area contributed by atoms with Crippen molar-refractivity contribution in [1.29, 1.82) is 0 Å². The highest BCUT2D eigenvalue weighted by Gasteiger charge is 2.13. The van der Waals surface area contributed by atoms with Crippen molar-refractivity contribution in [3.8, 4) is 5.75 Å². The van der Waals surface area contributed by atoms with Crippen LogP contribution in [-0.2, 0) is 0 Å². The first-order valence-corrected chi connectivity index (χ1v) is 3.67. The van der Waals surface area contributed by atoms with Gasteiger partial charge in [-0.15, -0.1) is 0 Å². The van der Waals surface area contributed by atoms with Crippen molar-refractivity contribution < 1.29 is 9.26 Å². The molecule has 0 saturated carbocycles. The zero-order valence-corrected chi connectivity index (χ0v) is 6.15. The van der Waals surface area contributed by atoms with Gasteiger partial charge < -0.3 is 9.26 Å². The van der Waals surface area contributed by atoms with E-state index in [2.05, 4.69) is 5.16 Å². The minimum absolute atomic E-state index is 0.770. The molecule has 3 rings (SSSR count). The van der Waals surface area contributed by atoms with E-state index in [4.69, 9.17) is 9.26 Å². The molecule has 0 spiro atoms. The first-order valence-electron chi connectivity index (χ1n) is 3.67. The summed E-state index contributed by atoms with van der Waals surface area (Å²) < 4.78 is 10.4. The second-order valence-electron chi connectivity index (χ2n) is 2.62. The summed E-state index contributed by atoms with van der Waals surface area (Å²) >= 11 is 0. The molecule has 0 radical (unpaired) electrons. The molecule has 0 aliphatic carbocycles. The van der Waals surface area contributed by atoms with Crippen LogP contribution in [0.2, 0.25) is 0 Å². The van der Waals surface area contributed by atoms with E-state index in [9.17, 15) is 0 Å². The van der Waals surface area contributed by atoms with E-state index < -0.39 is 0 Å². The van der Waals surface area contributed by atoms with Crippen molar-refractivity contribution in [2.75, 3.05) is 0 Å². The number of nitrogens with zero attached hydrogens (tertiary/aromatic N) is 1. The molecule has 0 N–H and O–H groups in total. The van der Waals surface area contributed by atoms with Crippen molar-refractivity contribution in [1.82, 2.24) is 5.16 Å². The van der Waals surface area contributed by atoms with Crippen molar-refractivity contribution in [3.63, 3.8) is 0 Å². The normalized spacial score (nSPS) is 13.3. The second-order valence-corrected chi connectivity index (χ2v) is 2.62. The number of hydrogen-bond acceptors (Lipinski definition) is 3. The molecular formula is C9H5NO2. The van der Waals surface area contributed by atoms with E-state index >= 15 is 0 Å². The molecule has 2 aromatic rings. The van der Waals surface area contributed by atoms with Gasteiger partial charge >= 0.3 is 0 Å². The molecule has 1 aromatic carbocycles. The van der Waals surface area contributed by atoms with Gasteiger partial charge in [0.05, 0.1) is 11.6 Å². The van der Waals surface area contributed by atoms with Crippen molar-refractivity contribution in [2.45, 2.75) is 0 Å².